The number of benzene rings is 1. The molecule has 0 saturated carbocycles. The second kappa shape index (κ2) is 5.24. The first-order valence-electron chi connectivity index (χ1n) is 4.58. The highest BCUT2D eigenvalue weighted by atomic mass is 35.5. The highest BCUT2D eigenvalue weighted by Crippen LogP contribution is 2.32. The molecule has 0 bridgehead atoms. The molecular weight excluding hydrogens is 237 g/mol. The van der Waals surface area contributed by atoms with E-state index in [9.17, 15) is 4.79 Å². The number of carbonyl (C=O) groups is 1. The molecule has 82 valence electrons. The average molecular weight is 248 g/mol. The number of hydrogen-bond donors (Lipinski definition) is 1. The number of fused-ring (bicyclic) bond motifs is 1. The molecule has 1 heterocycles. The van der Waals surface area contributed by atoms with Crippen LogP contribution in [0.3, 0.4) is 0 Å². The lowest BCUT2D eigenvalue weighted by molar-refractivity contribution is -0.120. The standard InChI is InChI=1S/C8H5Cl2NO2.C2H6/c9-4-1-2-6-5(3-4)11-8(12)7(10)13-6;1-2/h1-3,7H,(H,11,12);1-2H3. The van der Waals surface area contributed by atoms with Gasteiger partial charge in [-0.3, -0.25) is 4.79 Å². The molecule has 1 aromatic rings. The van der Waals surface area contributed by atoms with E-state index in [0.29, 0.717) is 16.5 Å². The van der Waals surface area contributed by atoms with E-state index in [-0.39, 0.29) is 5.91 Å². The third-order valence-corrected chi connectivity index (χ3v) is 2.16. The molecular formula is C10H11Cl2NO2. The molecule has 1 aliphatic rings. The zero-order chi connectivity index (χ0) is 11.4. The summed E-state index contributed by atoms with van der Waals surface area (Å²) in [6.07, 6.45) is 0. The van der Waals surface area contributed by atoms with Gasteiger partial charge in [-0.1, -0.05) is 37.0 Å². The van der Waals surface area contributed by atoms with Crippen molar-refractivity contribution < 1.29 is 9.53 Å². The monoisotopic (exact) mass is 247 g/mol. The van der Waals surface area contributed by atoms with Crippen LogP contribution in [0, 0.1) is 0 Å². The Labute approximate surface area is 98.3 Å². The minimum absolute atomic E-state index is 0.378. The summed E-state index contributed by atoms with van der Waals surface area (Å²) in [5.74, 6) is 0.153. The van der Waals surface area contributed by atoms with Crippen LogP contribution in [-0.4, -0.2) is 11.5 Å². The Balaban J connectivity index is 0.000000531. The van der Waals surface area contributed by atoms with Gasteiger partial charge in [0.05, 0.1) is 5.69 Å². The molecule has 5 heteroatoms. The van der Waals surface area contributed by atoms with Crippen LogP contribution in [0.4, 0.5) is 5.69 Å². The third-order valence-electron chi connectivity index (χ3n) is 1.64. The summed E-state index contributed by atoms with van der Waals surface area (Å²) in [5, 5.41) is 3.11. The predicted molar refractivity (Wildman–Crippen MR) is 61.7 cm³/mol. The molecule has 0 aromatic heterocycles. The Morgan fingerprint density at radius 3 is 2.73 bits per heavy atom. The first-order valence-corrected chi connectivity index (χ1v) is 5.39. The molecule has 0 spiro atoms. The largest absolute Gasteiger partial charge is 0.463 e. The lowest BCUT2D eigenvalue weighted by atomic mass is 10.2. The molecule has 1 atom stereocenters. The topological polar surface area (TPSA) is 38.3 Å². The normalized spacial score (nSPS) is 17.9. The Bertz CT molecular complexity index is 368. The van der Waals surface area contributed by atoms with E-state index in [2.05, 4.69) is 5.32 Å². The van der Waals surface area contributed by atoms with Gasteiger partial charge in [-0.05, 0) is 18.2 Å². The van der Waals surface area contributed by atoms with Crippen molar-refractivity contribution >= 4 is 34.8 Å². The molecule has 0 aliphatic carbocycles. The Morgan fingerprint density at radius 1 is 1.40 bits per heavy atom. The lowest BCUT2D eigenvalue weighted by Gasteiger charge is -2.21. The van der Waals surface area contributed by atoms with Crippen molar-refractivity contribution in [3.05, 3.63) is 23.2 Å². The van der Waals surface area contributed by atoms with Gasteiger partial charge in [-0.15, -0.1) is 0 Å². The number of ether oxygens (including phenoxy) is 1. The average Bonchev–Trinajstić information content (AvgIpc) is 2.23. The van der Waals surface area contributed by atoms with Crippen LogP contribution in [0.5, 0.6) is 5.75 Å². The van der Waals surface area contributed by atoms with E-state index in [1.807, 2.05) is 13.8 Å². The molecule has 1 N–H and O–H groups in total. The molecule has 2 rings (SSSR count). The van der Waals surface area contributed by atoms with Gasteiger partial charge >= 0.3 is 0 Å². The number of alkyl halides is 1. The van der Waals surface area contributed by atoms with Crippen LogP contribution in [0.25, 0.3) is 0 Å². The van der Waals surface area contributed by atoms with Gasteiger partial charge in [-0.2, -0.15) is 0 Å². The zero-order valence-electron chi connectivity index (χ0n) is 8.38. The van der Waals surface area contributed by atoms with Crippen LogP contribution < -0.4 is 10.1 Å². The molecule has 0 radical (unpaired) electrons. The molecule has 0 saturated heterocycles. The highest BCUT2D eigenvalue weighted by Gasteiger charge is 2.25. The first kappa shape index (κ1) is 12.1. The minimum atomic E-state index is -0.964. The molecule has 1 unspecified atom stereocenters. The SMILES string of the molecule is CC.O=C1Nc2cc(Cl)ccc2OC1Cl. The van der Waals surface area contributed by atoms with E-state index < -0.39 is 5.56 Å². The first-order chi connectivity index (χ1) is 7.16. The van der Waals surface area contributed by atoms with Crippen molar-refractivity contribution in [2.24, 2.45) is 0 Å². The van der Waals surface area contributed by atoms with Gasteiger partial charge < -0.3 is 10.1 Å². The summed E-state index contributed by atoms with van der Waals surface area (Å²) in [4.78, 5) is 11.1. The maximum Gasteiger partial charge on any atom is 0.281 e. The summed E-state index contributed by atoms with van der Waals surface area (Å²) in [6.45, 7) is 4.00. The summed E-state index contributed by atoms with van der Waals surface area (Å²) in [6, 6.07) is 4.94. The van der Waals surface area contributed by atoms with Gasteiger partial charge in [0.15, 0.2) is 0 Å². The van der Waals surface area contributed by atoms with Crippen LogP contribution in [-0.2, 0) is 4.79 Å². The number of nitrogens with one attached hydrogen (secondary N) is 1. The lowest BCUT2D eigenvalue weighted by Crippen LogP contribution is -2.32. The fourth-order valence-electron chi connectivity index (χ4n) is 1.06. The number of hydrogen-bond acceptors (Lipinski definition) is 2. The quantitative estimate of drug-likeness (QED) is 0.715. The van der Waals surface area contributed by atoms with Crippen molar-refractivity contribution in [2.45, 2.75) is 19.4 Å². The van der Waals surface area contributed by atoms with Crippen LogP contribution in [0.1, 0.15) is 13.8 Å². The molecule has 0 fully saturated rings. The maximum atomic E-state index is 11.1. The number of halogens is 2. The van der Waals surface area contributed by atoms with Crippen molar-refractivity contribution in [2.75, 3.05) is 5.32 Å². The van der Waals surface area contributed by atoms with Gasteiger partial charge in [0, 0.05) is 5.02 Å². The van der Waals surface area contributed by atoms with Crippen molar-refractivity contribution in [1.29, 1.82) is 0 Å². The van der Waals surface area contributed by atoms with Crippen LogP contribution >= 0.6 is 23.2 Å². The number of amides is 1. The van der Waals surface area contributed by atoms with E-state index in [0.717, 1.165) is 0 Å². The molecule has 1 aliphatic heterocycles. The summed E-state index contributed by atoms with van der Waals surface area (Å²) >= 11 is 11.3. The Kier molecular flexibility index (Phi) is 4.24. The van der Waals surface area contributed by atoms with E-state index in [1.165, 1.54) is 0 Å². The fourth-order valence-corrected chi connectivity index (χ4v) is 1.38. The van der Waals surface area contributed by atoms with Crippen molar-refractivity contribution in [3.63, 3.8) is 0 Å². The van der Waals surface area contributed by atoms with Gasteiger partial charge in [0.1, 0.15) is 5.75 Å². The molecule has 15 heavy (non-hydrogen) atoms. The Morgan fingerprint density at radius 2 is 2.07 bits per heavy atom. The Hall–Kier alpha value is -0.930. The zero-order valence-corrected chi connectivity index (χ0v) is 9.89. The molecule has 1 amide bonds. The maximum absolute atomic E-state index is 11.1. The van der Waals surface area contributed by atoms with Crippen LogP contribution in [0.2, 0.25) is 5.02 Å². The number of anilines is 1. The summed E-state index contributed by atoms with van der Waals surface area (Å²) in [5.41, 5.74) is -0.414. The highest BCUT2D eigenvalue weighted by molar-refractivity contribution is 6.33. The van der Waals surface area contributed by atoms with Crippen molar-refractivity contribution in [3.8, 4) is 5.75 Å². The fraction of sp³-hybridized carbons (Fsp3) is 0.300. The smallest absolute Gasteiger partial charge is 0.281 e. The van der Waals surface area contributed by atoms with Gasteiger partial charge in [0.25, 0.3) is 11.5 Å². The van der Waals surface area contributed by atoms with Crippen LogP contribution in [0.15, 0.2) is 18.2 Å². The van der Waals surface area contributed by atoms with E-state index in [1.54, 1.807) is 18.2 Å². The van der Waals surface area contributed by atoms with Gasteiger partial charge in [-0.25, -0.2) is 0 Å². The predicted octanol–water partition coefficient (Wildman–Crippen LogP) is 3.26. The van der Waals surface area contributed by atoms with E-state index in [4.69, 9.17) is 27.9 Å². The van der Waals surface area contributed by atoms with E-state index >= 15 is 0 Å². The minimum Gasteiger partial charge on any atom is -0.463 e. The van der Waals surface area contributed by atoms with Crippen molar-refractivity contribution in [1.82, 2.24) is 0 Å². The molecule has 1 aromatic carbocycles. The second-order valence-electron chi connectivity index (χ2n) is 2.56. The molecule has 3 nitrogen and oxygen atoms in total. The summed E-state index contributed by atoms with van der Waals surface area (Å²) < 4.78 is 5.09. The summed E-state index contributed by atoms with van der Waals surface area (Å²) in [7, 11) is 0. The number of carbonyl (C=O) groups excluding carboxylic acids is 1. The number of rotatable bonds is 0. The van der Waals surface area contributed by atoms with Gasteiger partial charge in [0.2, 0.25) is 0 Å². The second-order valence-corrected chi connectivity index (χ2v) is 3.40. The third kappa shape index (κ3) is 2.76.